The van der Waals surface area contributed by atoms with Gasteiger partial charge in [0.2, 0.25) is 59.1 Å². The van der Waals surface area contributed by atoms with Crippen molar-refractivity contribution >= 4 is 83.1 Å². The summed E-state index contributed by atoms with van der Waals surface area (Å²) >= 11 is 0. The molecule has 0 fully saturated rings. The van der Waals surface area contributed by atoms with Crippen LogP contribution in [0.5, 0.6) is 0 Å². The summed E-state index contributed by atoms with van der Waals surface area (Å²) in [5, 5.41) is 76.8. The molecule has 0 aromatic heterocycles. The molecular weight excluding hydrogens is 1320 g/mol. The van der Waals surface area contributed by atoms with Crippen LogP contribution in [0.3, 0.4) is 0 Å². The van der Waals surface area contributed by atoms with Crippen molar-refractivity contribution in [2.24, 2.45) is 57.5 Å². The fraction of sp³-hybridized carbons (Fsp3) is 0.606. The number of rotatable bonds is 44. The van der Waals surface area contributed by atoms with Gasteiger partial charge in [0, 0.05) is 6.54 Å². The highest BCUT2D eigenvalue weighted by Crippen LogP contribution is 2.24. The second-order valence-electron chi connectivity index (χ2n) is 26.1. The number of amides is 11. The molecule has 0 unspecified atom stereocenters. The van der Waals surface area contributed by atoms with E-state index >= 15 is 0 Å². The Kier molecular flexibility index (Phi) is 38.0. The third-order valence-electron chi connectivity index (χ3n) is 15.6. The largest absolute Gasteiger partial charge is 0.480 e. The summed E-state index contributed by atoms with van der Waals surface area (Å²) in [4.78, 5) is 181. The lowest BCUT2D eigenvalue weighted by Gasteiger charge is -2.30. The number of alkyl carbamates (subject to hydrolysis) is 1. The Bertz CT molecular complexity index is 3100. The Morgan fingerprint density at radius 3 is 1.49 bits per heavy atom. The van der Waals surface area contributed by atoms with Crippen LogP contribution in [-0.4, -0.2) is 207 Å². The van der Waals surface area contributed by atoms with Crippen molar-refractivity contribution in [1.82, 2.24) is 53.2 Å². The lowest BCUT2D eigenvalue weighted by molar-refractivity contribution is -0.161. The molecule has 564 valence electrons. The van der Waals surface area contributed by atoms with Crippen LogP contribution in [0.25, 0.3) is 0 Å². The van der Waals surface area contributed by atoms with E-state index in [1.54, 1.807) is 99.6 Å². The first kappa shape index (κ1) is 87.5. The average molecular weight is 1430 g/mol. The molecule has 23 N–H and O–H groups in total. The van der Waals surface area contributed by atoms with Crippen molar-refractivity contribution in [2.75, 3.05) is 19.7 Å². The second-order valence-corrected chi connectivity index (χ2v) is 26.1. The fourth-order valence-corrected chi connectivity index (χ4v) is 9.87. The molecule has 0 heterocycles. The highest BCUT2D eigenvalue weighted by molar-refractivity contribution is 5.99. The number of aliphatic imine (C=N–C) groups is 1. The number of hydrogen-bond acceptors (Lipinski definition) is 21. The van der Waals surface area contributed by atoms with E-state index in [2.05, 4.69) is 47.5 Å². The quantitative estimate of drug-likeness (QED) is 0.0132. The van der Waals surface area contributed by atoms with Gasteiger partial charge in [-0.15, -0.1) is 0 Å². The van der Waals surface area contributed by atoms with Gasteiger partial charge in [0.05, 0.1) is 25.4 Å². The first-order chi connectivity index (χ1) is 47.3. The minimum atomic E-state index is -2.60. The van der Waals surface area contributed by atoms with Gasteiger partial charge in [0.1, 0.15) is 54.9 Å². The Labute approximate surface area is 586 Å². The van der Waals surface area contributed by atoms with Crippen LogP contribution in [0.15, 0.2) is 65.7 Å². The number of aliphatic hydroxyl groups is 4. The summed E-state index contributed by atoms with van der Waals surface area (Å²) in [5.41, 5.74) is 22.9. The van der Waals surface area contributed by atoms with Crippen molar-refractivity contribution in [3.8, 4) is 0 Å². The molecule has 101 heavy (non-hydrogen) atoms. The summed E-state index contributed by atoms with van der Waals surface area (Å²) in [6, 6.07) is -1.28. The monoisotopic (exact) mass is 1430 g/mol. The van der Waals surface area contributed by atoms with E-state index in [1.165, 1.54) is 30.3 Å². The van der Waals surface area contributed by atoms with Gasteiger partial charge in [-0.3, -0.25) is 52.9 Å². The zero-order chi connectivity index (χ0) is 76.5. The predicted molar refractivity (Wildman–Crippen MR) is 365 cm³/mol. The van der Waals surface area contributed by atoms with Crippen molar-refractivity contribution in [3.05, 3.63) is 71.8 Å². The standard InChI is InChI=1S/C66H105N15O20/c1-12-36(10)47(79-55(88)40(24-19-25-71-65(69)70)73-56(89)41(26-32(2)3)75-59(92)46(67)51(85)35(8)9)61(94)80-48(37(11)83)60(93)72-29-45(84)78-49(52(86)54(68)87)62(95)76-44(30-82)64(98)101-53(39-22-17-14-18-23-39)50(63(96)97)81-58(91)42(27-33(4)5)74-57(90)43(28-34(6)7)77-66(99)100-31-38-20-15-13-16-21-38/h13-18,20-23,32-37,40-44,46-53,82-83,85-86H,12,19,24-31,67H2,1-11H3,(H2,68,87)(H,72,93)(H,73,89)(H,74,90)(H,75,92)(H,76,95)(H,77,99)(H,78,84)(H,79,88)(H,80,94)(H,81,91)(H,96,97)(H4,69,70,71)/t36-,37-,40+,41-,42-,43+,44-,46-,47-,48-,49-,50-,51+,52-,53+/m0/s1. The number of carboxylic acids is 1. The minimum absolute atomic E-state index is 0.0000336. The van der Waals surface area contributed by atoms with Crippen LogP contribution < -0.4 is 76.1 Å². The maximum Gasteiger partial charge on any atom is 0.408 e. The molecule has 0 saturated carbocycles. The number of nitrogens with one attached hydrogen (secondary N) is 10. The maximum atomic E-state index is 14.2. The Morgan fingerprint density at radius 2 is 1.00 bits per heavy atom. The van der Waals surface area contributed by atoms with Crippen LogP contribution in [0, 0.1) is 29.6 Å². The summed E-state index contributed by atoms with van der Waals surface area (Å²) in [5.74, 6) is -16.8. The van der Waals surface area contributed by atoms with Gasteiger partial charge in [0.25, 0.3) is 0 Å². The van der Waals surface area contributed by atoms with Gasteiger partial charge in [-0.05, 0) is 79.7 Å². The van der Waals surface area contributed by atoms with E-state index in [0.717, 1.165) is 6.92 Å². The molecule has 35 heteroatoms. The van der Waals surface area contributed by atoms with E-state index in [9.17, 15) is 87.9 Å². The number of aliphatic carboxylic acids is 1. The number of nitrogens with zero attached hydrogens (tertiary/aromatic N) is 1. The Morgan fingerprint density at radius 1 is 0.535 bits per heavy atom. The molecule has 35 nitrogen and oxygen atoms in total. The summed E-state index contributed by atoms with van der Waals surface area (Å²) in [7, 11) is 0. The molecule has 2 rings (SSSR count). The molecule has 15 atom stereocenters. The molecule has 0 bridgehead atoms. The van der Waals surface area contributed by atoms with E-state index < -0.39 is 187 Å². The number of carbonyl (C=O) groups excluding carboxylic acids is 12. The molecule has 0 spiro atoms. The van der Waals surface area contributed by atoms with Crippen LogP contribution in [0.2, 0.25) is 0 Å². The molecule has 11 amide bonds. The van der Waals surface area contributed by atoms with Gasteiger partial charge in [-0.2, -0.15) is 0 Å². The third kappa shape index (κ3) is 30.8. The molecule has 0 saturated heterocycles. The average Bonchev–Trinajstić information content (AvgIpc) is 0.832. The number of carbonyl (C=O) groups is 13. The minimum Gasteiger partial charge on any atom is -0.480 e. The maximum absolute atomic E-state index is 14.2. The highest BCUT2D eigenvalue weighted by atomic mass is 16.6. The van der Waals surface area contributed by atoms with Crippen molar-refractivity contribution in [1.29, 1.82) is 0 Å². The van der Waals surface area contributed by atoms with E-state index in [1.807, 2.05) is 10.6 Å². The molecule has 0 aliphatic heterocycles. The van der Waals surface area contributed by atoms with E-state index in [0.29, 0.717) is 5.56 Å². The van der Waals surface area contributed by atoms with Crippen LogP contribution in [0.1, 0.15) is 132 Å². The highest BCUT2D eigenvalue weighted by Gasteiger charge is 2.42. The van der Waals surface area contributed by atoms with Gasteiger partial charge in [0.15, 0.2) is 30.3 Å². The number of primary amides is 1. The zero-order valence-corrected chi connectivity index (χ0v) is 58.9. The third-order valence-corrected chi connectivity index (χ3v) is 15.6. The van der Waals surface area contributed by atoms with Crippen molar-refractivity contribution in [2.45, 2.75) is 206 Å². The topological polar surface area (TPSA) is 578 Å². The van der Waals surface area contributed by atoms with Crippen LogP contribution >= 0.6 is 0 Å². The number of aliphatic hydroxyl groups excluding tert-OH is 4. The number of guanidine groups is 1. The van der Waals surface area contributed by atoms with Crippen molar-refractivity contribution < 1.29 is 97.3 Å². The first-order valence-corrected chi connectivity index (χ1v) is 33.2. The van der Waals surface area contributed by atoms with Gasteiger partial charge < -0.3 is 111 Å². The van der Waals surface area contributed by atoms with Crippen LogP contribution in [-0.2, 0) is 73.6 Å². The number of esters is 1. The number of carboxylic acid groups (broad SMARTS) is 1. The molecule has 0 aliphatic rings. The van der Waals surface area contributed by atoms with E-state index in [-0.39, 0.29) is 81.0 Å². The molecule has 0 radical (unpaired) electrons. The first-order valence-electron chi connectivity index (χ1n) is 33.2. The summed E-state index contributed by atoms with van der Waals surface area (Å²) < 4.78 is 10.9. The number of benzene rings is 2. The zero-order valence-electron chi connectivity index (χ0n) is 58.9. The SMILES string of the molecule is CC[C@H](C)[C@H](NC(=O)[C@@H](CCCN=C(N)N)NC(=O)[C@H](CC(C)C)NC(=O)[C@@H](N)[C@H](O)C(C)C)C(=O)N[C@H](C(=O)NCC(=O)N[C@H](C(=O)N[C@@H](CO)C(=O)O[C@H](c1ccccc1)[C@H](NC(=O)[C@H](CC(C)C)NC(=O)[C@@H](CC(C)C)NC(=O)OCc1ccccc1)C(=O)O)[C@H](O)C(N)=O)[C@H](C)O. The predicted octanol–water partition coefficient (Wildman–Crippen LogP) is -3.55. The number of nitrogens with two attached hydrogens (primary N) is 4. The van der Waals surface area contributed by atoms with Gasteiger partial charge in [-0.1, -0.05) is 136 Å². The number of ether oxygens (including phenoxy) is 2. The number of hydrogen-bond donors (Lipinski definition) is 19. The Hall–Kier alpha value is -9.58. The smallest absolute Gasteiger partial charge is 0.408 e. The van der Waals surface area contributed by atoms with Gasteiger partial charge >= 0.3 is 18.0 Å². The lowest BCUT2D eigenvalue weighted by atomic mass is 9.96. The van der Waals surface area contributed by atoms with Crippen molar-refractivity contribution in [3.63, 3.8) is 0 Å². The lowest BCUT2D eigenvalue weighted by Crippen LogP contribution is -2.62. The summed E-state index contributed by atoms with van der Waals surface area (Å²) in [6.45, 7) is 15.5. The van der Waals surface area contributed by atoms with Crippen LogP contribution in [0.4, 0.5) is 4.79 Å². The molecule has 2 aromatic rings. The molecule has 2 aromatic carbocycles. The van der Waals surface area contributed by atoms with Gasteiger partial charge in [-0.25, -0.2) is 14.4 Å². The second kappa shape index (κ2) is 43.8. The normalized spacial score (nSPS) is 15.8. The molecule has 0 aliphatic carbocycles. The Balaban J connectivity index is 2.39. The molecular formula is C66H105N15O20. The summed E-state index contributed by atoms with van der Waals surface area (Å²) in [6.07, 6.45) is -8.24. The van der Waals surface area contributed by atoms with E-state index in [4.69, 9.17) is 32.4 Å². The fourth-order valence-electron chi connectivity index (χ4n) is 9.87.